The van der Waals surface area contributed by atoms with Gasteiger partial charge >= 0.3 is 0 Å². The first-order valence-corrected chi connectivity index (χ1v) is 6.41. The van der Waals surface area contributed by atoms with Crippen LogP contribution in [0.2, 0.25) is 0 Å². The molecule has 0 aliphatic carbocycles. The first-order valence-electron chi connectivity index (χ1n) is 6.41. The van der Waals surface area contributed by atoms with Gasteiger partial charge in [0.25, 0.3) is 5.89 Å². The number of hydrogen-bond donors (Lipinski definition) is 1. The third kappa shape index (κ3) is 2.16. The van der Waals surface area contributed by atoms with E-state index in [2.05, 4.69) is 16.2 Å². The van der Waals surface area contributed by atoms with E-state index < -0.39 is 0 Å². The fraction of sp³-hybridized carbons (Fsp3) is 0.125. The van der Waals surface area contributed by atoms with Crippen LogP contribution in [-0.2, 0) is 0 Å². The molecular formula is C16H15N3O. The van der Waals surface area contributed by atoms with Gasteiger partial charge in [-0.3, -0.25) is 0 Å². The van der Waals surface area contributed by atoms with Crippen LogP contribution in [0.5, 0.6) is 0 Å². The maximum atomic E-state index is 5.93. The van der Waals surface area contributed by atoms with Gasteiger partial charge in [0, 0.05) is 16.8 Å². The van der Waals surface area contributed by atoms with Crippen LogP contribution < -0.4 is 5.73 Å². The second-order valence-corrected chi connectivity index (χ2v) is 4.83. The lowest BCUT2D eigenvalue weighted by atomic mass is 10.1. The lowest BCUT2D eigenvalue weighted by Crippen LogP contribution is -1.90. The molecule has 20 heavy (non-hydrogen) atoms. The molecule has 3 aromatic rings. The van der Waals surface area contributed by atoms with Crippen LogP contribution in [0.25, 0.3) is 22.8 Å². The topological polar surface area (TPSA) is 64.9 Å². The van der Waals surface area contributed by atoms with Crippen LogP contribution >= 0.6 is 0 Å². The van der Waals surface area contributed by atoms with E-state index in [1.165, 1.54) is 0 Å². The molecule has 0 atom stereocenters. The number of anilines is 1. The van der Waals surface area contributed by atoms with Crippen molar-refractivity contribution in [2.24, 2.45) is 0 Å². The fourth-order valence-corrected chi connectivity index (χ4v) is 2.11. The summed E-state index contributed by atoms with van der Waals surface area (Å²) in [5, 5.41) is 4.03. The first-order chi connectivity index (χ1) is 9.65. The Labute approximate surface area is 117 Å². The third-order valence-corrected chi connectivity index (χ3v) is 3.25. The Morgan fingerprint density at radius 1 is 1.00 bits per heavy atom. The van der Waals surface area contributed by atoms with Crippen LogP contribution in [0, 0.1) is 13.8 Å². The summed E-state index contributed by atoms with van der Waals surface area (Å²) in [7, 11) is 0. The van der Waals surface area contributed by atoms with Gasteiger partial charge in [0.05, 0.1) is 0 Å². The number of rotatable bonds is 2. The molecule has 100 valence electrons. The van der Waals surface area contributed by atoms with Crippen molar-refractivity contribution in [2.45, 2.75) is 13.8 Å². The molecule has 4 heteroatoms. The predicted molar refractivity (Wildman–Crippen MR) is 79.1 cm³/mol. The van der Waals surface area contributed by atoms with Gasteiger partial charge in [-0.05, 0) is 37.6 Å². The Morgan fingerprint density at radius 3 is 2.60 bits per heavy atom. The number of nitrogen functional groups attached to an aromatic ring is 1. The summed E-state index contributed by atoms with van der Waals surface area (Å²) < 4.78 is 5.38. The van der Waals surface area contributed by atoms with E-state index in [1.807, 2.05) is 50.2 Å². The van der Waals surface area contributed by atoms with Gasteiger partial charge in [0.15, 0.2) is 0 Å². The maximum absolute atomic E-state index is 5.93. The minimum atomic E-state index is 0.513. The zero-order valence-corrected chi connectivity index (χ0v) is 11.4. The standard InChI is InChI=1S/C16H15N3O/c1-10-7-8-11(2)13(9-10)16-18-15(19-20-16)12-5-3-4-6-14(12)17/h3-9H,17H2,1-2H3. The summed E-state index contributed by atoms with van der Waals surface area (Å²) >= 11 is 0. The largest absolute Gasteiger partial charge is 0.398 e. The molecule has 2 aromatic carbocycles. The molecule has 2 N–H and O–H groups in total. The molecule has 1 aromatic heterocycles. The minimum Gasteiger partial charge on any atom is -0.398 e. The third-order valence-electron chi connectivity index (χ3n) is 3.25. The van der Waals surface area contributed by atoms with Crippen molar-refractivity contribution in [3.05, 3.63) is 53.6 Å². The van der Waals surface area contributed by atoms with Crippen molar-refractivity contribution in [3.63, 3.8) is 0 Å². The van der Waals surface area contributed by atoms with Crippen molar-refractivity contribution < 1.29 is 4.52 Å². The van der Waals surface area contributed by atoms with Gasteiger partial charge in [-0.2, -0.15) is 4.98 Å². The number of benzene rings is 2. The highest BCUT2D eigenvalue weighted by molar-refractivity contribution is 5.72. The van der Waals surface area contributed by atoms with Crippen molar-refractivity contribution in [1.29, 1.82) is 0 Å². The molecule has 0 saturated heterocycles. The van der Waals surface area contributed by atoms with Crippen LogP contribution in [0.1, 0.15) is 11.1 Å². The number of para-hydroxylation sites is 1. The van der Waals surface area contributed by atoms with Gasteiger partial charge in [0.2, 0.25) is 5.82 Å². The number of nitrogens with zero attached hydrogens (tertiary/aromatic N) is 2. The first kappa shape index (κ1) is 12.4. The molecule has 0 amide bonds. The van der Waals surface area contributed by atoms with E-state index >= 15 is 0 Å². The van der Waals surface area contributed by atoms with Gasteiger partial charge in [-0.25, -0.2) is 0 Å². The van der Waals surface area contributed by atoms with Crippen LogP contribution in [-0.4, -0.2) is 10.1 Å². The molecule has 0 radical (unpaired) electrons. The van der Waals surface area contributed by atoms with Crippen LogP contribution in [0.15, 0.2) is 47.0 Å². The van der Waals surface area contributed by atoms with E-state index in [1.54, 1.807) is 0 Å². The summed E-state index contributed by atoms with van der Waals surface area (Å²) in [5.74, 6) is 1.03. The monoisotopic (exact) mass is 265 g/mol. The minimum absolute atomic E-state index is 0.513. The van der Waals surface area contributed by atoms with E-state index in [9.17, 15) is 0 Å². The zero-order chi connectivity index (χ0) is 14.1. The highest BCUT2D eigenvalue weighted by atomic mass is 16.5. The Morgan fingerprint density at radius 2 is 1.80 bits per heavy atom. The summed E-state index contributed by atoms with van der Waals surface area (Å²) in [4.78, 5) is 4.46. The summed E-state index contributed by atoms with van der Waals surface area (Å²) in [5.41, 5.74) is 10.6. The summed E-state index contributed by atoms with van der Waals surface area (Å²) in [6.07, 6.45) is 0. The molecule has 0 aliphatic rings. The van der Waals surface area contributed by atoms with Gasteiger partial charge in [0.1, 0.15) is 0 Å². The average Bonchev–Trinajstić information content (AvgIpc) is 2.91. The second-order valence-electron chi connectivity index (χ2n) is 4.83. The fourth-order valence-electron chi connectivity index (χ4n) is 2.11. The van der Waals surface area contributed by atoms with Gasteiger partial charge < -0.3 is 10.3 Å². The Bertz CT molecular complexity index is 762. The van der Waals surface area contributed by atoms with E-state index in [0.717, 1.165) is 22.3 Å². The molecule has 4 nitrogen and oxygen atoms in total. The molecule has 0 unspecified atom stereocenters. The van der Waals surface area contributed by atoms with Crippen molar-refractivity contribution >= 4 is 5.69 Å². The highest BCUT2D eigenvalue weighted by Gasteiger charge is 2.14. The number of aromatic nitrogens is 2. The maximum Gasteiger partial charge on any atom is 0.258 e. The zero-order valence-electron chi connectivity index (χ0n) is 11.4. The van der Waals surface area contributed by atoms with Crippen molar-refractivity contribution in [1.82, 2.24) is 10.1 Å². The number of hydrogen-bond acceptors (Lipinski definition) is 4. The molecular weight excluding hydrogens is 250 g/mol. The van der Waals surface area contributed by atoms with Gasteiger partial charge in [-0.1, -0.05) is 35.0 Å². The number of nitrogens with two attached hydrogens (primary N) is 1. The second kappa shape index (κ2) is 4.81. The normalized spacial score (nSPS) is 10.7. The van der Waals surface area contributed by atoms with Gasteiger partial charge in [-0.15, -0.1) is 0 Å². The van der Waals surface area contributed by atoms with E-state index in [0.29, 0.717) is 17.4 Å². The molecule has 3 rings (SSSR count). The summed E-state index contributed by atoms with van der Waals surface area (Å²) in [6.45, 7) is 4.06. The Kier molecular flexibility index (Phi) is 2.99. The summed E-state index contributed by atoms with van der Waals surface area (Å²) in [6, 6.07) is 13.6. The average molecular weight is 265 g/mol. The van der Waals surface area contributed by atoms with Crippen LogP contribution in [0.3, 0.4) is 0 Å². The Hall–Kier alpha value is -2.62. The lowest BCUT2D eigenvalue weighted by molar-refractivity contribution is 0.432. The molecule has 0 fully saturated rings. The molecule has 0 aliphatic heterocycles. The van der Waals surface area contributed by atoms with Crippen LogP contribution in [0.4, 0.5) is 5.69 Å². The lowest BCUT2D eigenvalue weighted by Gasteiger charge is -2.01. The van der Waals surface area contributed by atoms with Crippen molar-refractivity contribution in [3.8, 4) is 22.8 Å². The molecule has 1 heterocycles. The highest BCUT2D eigenvalue weighted by Crippen LogP contribution is 2.27. The SMILES string of the molecule is Cc1ccc(C)c(-c2nc(-c3ccccc3N)no2)c1. The van der Waals surface area contributed by atoms with E-state index in [4.69, 9.17) is 10.3 Å². The molecule has 0 bridgehead atoms. The molecule has 0 spiro atoms. The predicted octanol–water partition coefficient (Wildman–Crippen LogP) is 3.60. The van der Waals surface area contributed by atoms with Crippen molar-refractivity contribution in [2.75, 3.05) is 5.73 Å². The number of aryl methyl sites for hydroxylation is 2. The molecule has 0 saturated carbocycles. The Balaban J connectivity index is 2.07. The smallest absolute Gasteiger partial charge is 0.258 e. The quantitative estimate of drug-likeness (QED) is 0.719. The van der Waals surface area contributed by atoms with E-state index in [-0.39, 0.29) is 0 Å².